The largest absolute Gasteiger partial charge is 0.495 e. The molecule has 0 heterocycles. The molecule has 8 heteroatoms. The van der Waals surface area contributed by atoms with Crippen molar-refractivity contribution in [3.8, 4) is 5.75 Å². The van der Waals surface area contributed by atoms with Crippen molar-refractivity contribution in [2.24, 2.45) is 0 Å². The van der Waals surface area contributed by atoms with Gasteiger partial charge in [-0.2, -0.15) is 4.31 Å². The van der Waals surface area contributed by atoms with Crippen molar-refractivity contribution in [1.29, 1.82) is 0 Å². The van der Waals surface area contributed by atoms with Gasteiger partial charge in [-0.25, -0.2) is 8.42 Å². The predicted molar refractivity (Wildman–Crippen MR) is 127 cm³/mol. The Hall–Kier alpha value is -3.49. The summed E-state index contributed by atoms with van der Waals surface area (Å²) in [6, 6.07) is 20.4. The lowest BCUT2D eigenvalue weighted by Gasteiger charge is -2.23. The van der Waals surface area contributed by atoms with Gasteiger partial charge in [-0.1, -0.05) is 48.5 Å². The predicted octanol–water partition coefficient (Wildman–Crippen LogP) is 4.04. The van der Waals surface area contributed by atoms with Crippen LogP contribution in [0.15, 0.2) is 77.7 Å². The van der Waals surface area contributed by atoms with Gasteiger partial charge in [0, 0.05) is 17.8 Å². The molecule has 0 atom stereocenters. The van der Waals surface area contributed by atoms with Crippen molar-refractivity contribution in [3.63, 3.8) is 0 Å². The fourth-order valence-electron chi connectivity index (χ4n) is 3.31. The summed E-state index contributed by atoms with van der Waals surface area (Å²) in [7, 11) is -2.68. The van der Waals surface area contributed by atoms with Crippen LogP contribution in [0, 0.1) is 6.92 Å². The average molecular weight is 467 g/mol. The number of ether oxygens (including phenoxy) is 1. The smallest absolute Gasteiger partial charge is 0.247 e. The first-order valence-corrected chi connectivity index (χ1v) is 11.7. The lowest BCUT2D eigenvalue weighted by Crippen LogP contribution is -2.37. The number of carbonyl (C=O) groups is 2. The SMILES string of the molecule is COc1ccc(C)cc1S(=O)(=O)N(CC(=O)Nc1cccc(C(C)=O)c1)Cc1ccccc1. The summed E-state index contributed by atoms with van der Waals surface area (Å²) in [5, 5.41) is 2.69. The van der Waals surface area contributed by atoms with Gasteiger partial charge in [0.25, 0.3) is 0 Å². The number of carbonyl (C=O) groups excluding carboxylic acids is 2. The maximum atomic E-state index is 13.6. The van der Waals surface area contributed by atoms with Crippen LogP contribution in [-0.4, -0.2) is 38.1 Å². The van der Waals surface area contributed by atoms with Gasteiger partial charge >= 0.3 is 0 Å². The van der Waals surface area contributed by atoms with Gasteiger partial charge in [0.15, 0.2) is 5.78 Å². The minimum absolute atomic E-state index is 0.00117. The Kier molecular flexibility index (Phi) is 7.63. The third kappa shape index (κ3) is 6.06. The Balaban J connectivity index is 1.93. The number of Topliss-reactive ketones (excluding diaryl/α,β-unsaturated/α-hetero) is 1. The molecule has 7 nitrogen and oxygen atoms in total. The van der Waals surface area contributed by atoms with E-state index in [1.165, 1.54) is 20.1 Å². The summed E-state index contributed by atoms with van der Waals surface area (Å²) in [5.41, 5.74) is 2.35. The van der Waals surface area contributed by atoms with Gasteiger partial charge in [0.2, 0.25) is 15.9 Å². The summed E-state index contributed by atoms with van der Waals surface area (Å²) < 4.78 is 33.6. The Morgan fingerprint density at radius 2 is 1.70 bits per heavy atom. The number of anilines is 1. The molecule has 3 aromatic rings. The van der Waals surface area contributed by atoms with Gasteiger partial charge in [-0.3, -0.25) is 9.59 Å². The normalized spacial score (nSPS) is 11.3. The van der Waals surface area contributed by atoms with Gasteiger partial charge in [0.05, 0.1) is 13.7 Å². The summed E-state index contributed by atoms with van der Waals surface area (Å²) >= 11 is 0. The van der Waals surface area contributed by atoms with Crippen molar-refractivity contribution in [2.75, 3.05) is 19.0 Å². The molecule has 0 saturated heterocycles. The number of nitrogens with one attached hydrogen (secondary N) is 1. The number of aryl methyl sites for hydroxylation is 1. The van der Waals surface area contributed by atoms with E-state index in [1.54, 1.807) is 67.6 Å². The molecule has 1 N–H and O–H groups in total. The van der Waals surface area contributed by atoms with Crippen LogP contribution < -0.4 is 10.1 Å². The Morgan fingerprint density at radius 1 is 0.970 bits per heavy atom. The third-order valence-electron chi connectivity index (χ3n) is 5.01. The number of hydrogen-bond acceptors (Lipinski definition) is 5. The zero-order valence-corrected chi connectivity index (χ0v) is 19.6. The number of methoxy groups -OCH3 is 1. The maximum absolute atomic E-state index is 13.6. The fraction of sp³-hybridized carbons (Fsp3) is 0.200. The van der Waals surface area contributed by atoms with Crippen LogP contribution in [0.2, 0.25) is 0 Å². The first-order valence-electron chi connectivity index (χ1n) is 10.3. The molecule has 0 aliphatic heterocycles. The summed E-state index contributed by atoms with van der Waals surface area (Å²) in [5.74, 6) is -0.457. The van der Waals surface area contributed by atoms with Crippen molar-refractivity contribution in [2.45, 2.75) is 25.3 Å². The molecular formula is C25H26N2O5S. The molecule has 33 heavy (non-hydrogen) atoms. The highest BCUT2D eigenvalue weighted by Gasteiger charge is 2.30. The standard InChI is InChI=1S/C25H26N2O5S/c1-18-12-13-23(32-3)24(14-18)33(30,31)27(16-20-8-5-4-6-9-20)17-25(29)26-22-11-7-10-21(15-22)19(2)28/h4-15H,16-17H2,1-3H3,(H,26,29). The van der Waals surface area contributed by atoms with E-state index in [0.717, 1.165) is 15.4 Å². The molecule has 0 fully saturated rings. The quantitative estimate of drug-likeness (QED) is 0.481. The first-order chi connectivity index (χ1) is 15.7. The highest BCUT2D eigenvalue weighted by atomic mass is 32.2. The minimum atomic E-state index is -4.08. The molecule has 0 saturated carbocycles. The number of benzene rings is 3. The van der Waals surface area contributed by atoms with E-state index in [-0.39, 0.29) is 23.0 Å². The van der Waals surface area contributed by atoms with E-state index in [0.29, 0.717) is 11.3 Å². The molecule has 0 unspecified atom stereocenters. The molecule has 0 radical (unpaired) electrons. The third-order valence-corrected chi connectivity index (χ3v) is 6.82. The van der Waals surface area contributed by atoms with E-state index in [4.69, 9.17) is 4.74 Å². The molecule has 3 rings (SSSR count). The van der Waals surface area contributed by atoms with Gasteiger partial charge < -0.3 is 10.1 Å². The number of ketones is 1. The monoisotopic (exact) mass is 466 g/mol. The van der Waals surface area contributed by atoms with Crippen LogP contribution in [-0.2, 0) is 21.4 Å². The minimum Gasteiger partial charge on any atom is -0.495 e. The molecule has 0 aromatic heterocycles. The zero-order valence-electron chi connectivity index (χ0n) is 18.7. The molecule has 0 aliphatic carbocycles. The van der Waals surface area contributed by atoms with E-state index in [9.17, 15) is 18.0 Å². The maximum Gasteiger partial charge on any atom is 0.247 e. The molecule has 1 amide bonds. The highest BCUT2D eigenvalue weighted by Crippen LogP contribution is 2.29. The lowest BCUT2D eigenvalue weighted by atomic mass is 10.1. The summed E-state index contributed by atoms with van der Waals surface area (Å²) in [6.07, 6.45) is 0. The number of sulfonamides is 1. The van der Waals surface area contributed by atoms with Crippen molar-refractivity contribution < 1.29 is 22.7 Å². The molecule has 3 aromatic carbocycles. The lowest BCUT2D eigenvalue weighted by molar-refractivity contribution is -0.116. The van der Waals surface area contributed by atoms with Crippen LogP contribution in [0.3, 0.4) is 0 Å². The van der Waals surface area contributed by atoms with E-state index < -0.39 is 22.5 Å². The average Bonchev–Trinajstić information content (AvgIpc) is 2.79. The van der Waals surface area contributed by atoms with Crippen LogP contribution in [0.4, 0.5) is 5.69 Å². The van der Waals surface area contributed by atoms with Crippen molar-refractivity contribution in [1.82, 2.24) is 4.31 Å². The zero-order chi connectivity index (χ0) is 24.0. The second-order valence-corrected chi connectivity index (χ2v) is 9.50. The van der Waals surface area contributed by atoms with Gasteiger partial charge in [0.1, 0.15) is 10.6 Å². The van der Waals surface area contributed by atoms with E-state index in [2.05, 4.69) is 5.32 Å². The Morgan fingerprint density at radius 3 is 2.36 bits per heavy atom. The first kappa shape index (κ1) is 24.2. The number of hydrogen-bond donors (Lipinski definition) is 1. The second-order valence-electron chi connectivity index (χ2n) is 7.60. The molecule has 172 valence electrons. The van der Waals surface area contributed by atoms with Crippen molar-refractivity contribution in [3.05, 3.63) is 89.5 Å². The molecular weight excluding hydrogens is 440 g/mol. The molecule has 0 spiro atoms. The van der Waals surface area contributed by atoms with E-state index >= 15 is 0 Å². The topological polar surface area (TPSA) is 92.8 Å². The van der Waals surface area contributed by atoms with Crippen LogP contribution in [0.5, 0.6) is 5.75 Å². The van der Waals surface area contributed by atoms with Crippen molar-refractivity contribution >= 4 is 27.4 Å². The van der Waals surface area contributed by atoms with E-state index in [1.807, 2.05) is 6.07 Å². The molecule has 0 aliphatic rings. The Bertz CT molecular complexity index is 1260. The number of rotatable bonds is 9. The molecule has 0 bridgehead atoms. The fourth-order valence-corrected chi connectivity index (χ4v) is 4.94. The second kappa shape index (κ2) is 10.4. The Labute approximate surface area is 194 Å². The number of amides is 1. The highest BCUT2D eigenvalue weighted by molar-refractivity contribution is 7.89. The van der Waals surface area contributed by atoms with Crippen LogP contribution >= 0.6 is 0 Å². The van der Waals surface area contributed by atoms with Gasteiger partial charge in [-0.05, 0) is 49.2 Å². The number of nitrogens with zero attached hydrogens (tertiary/aromatic N) is 1. The summed E-state index contributed by atoms with van der Waals surface area (Å²) in [6.45, 7) is 2.80. The van der Waals surface area contributed by atoms with Crippen LogP contribution in [0.25, 0.3) is 0 Å². The summed E-state index contributed by atoms with van der Waals surface area (Å²) in [4.78, 5) is 24.5. The van der Waals surface area contributed by atoms with Crippen LogP contribution in [0.1, 0.15) is 28.4 Å². The van der Waals surface area contributed by atoms with Gasteiger partial charge in [-0.15, -0.1) is 0 Å².